The number of nitrogens with zero attached hydrogens (tertiary/aromatic N) is 2. The van der Waals surface area contributed by atoms with Gasteiger partial charge in [-0.1, -0.05) is 36.4 Å². The Morgan fingerprint density at radius 2 is 1.65 bits per heavy atom. The van der Waals surface area contributed by atoms with Crippen molar-refractivity contribution in [2.75, 3.05) is 0 Å². The van der Waals surface area contributed by atoms with Crippen LogP contribution in [0.15, 0.2) is 48.5 Å². The first-order chi connectivity index (χ1) is 8.33. The highest BCUT2D eigenvalue weighted by Gasteiger charge is 2.04. The molecule has 2 aromatic rings. The molecule has 0 unspecified atom stereocenters. The Kier molecular flexibility index (Phi) is 3.19. The minimum Gasteiger partial charge on any atom is -0.192 e. The molecule has 0 aromatic heterocycles. The quantitative estimate of drug-likeness (QED) is 0.777. The third-order valence-corrected chi connectivity index (χ3v) is 2.60. The minimum atomic E-state index is 0.526. The van der Waals surface area contributed by atoms with Crippen LogP contribution in [0.2, 0.25) is 0 Å². The second-order valence-corrected chi connectivity index (χ2v) is 3.76. The Hall–Kier alpha value is -2.58. The Morgan fingerprint density at radius 1 is 0.882 bits per heavy atom. The third kappa shape index (κ3) is 2.51. The molecule has 0 spiro atoms. The van der Waals surface area contributed by atoms with Crippen LogP contribution in [0.4, 0.5) is 0 Å². The van der Waals surface area contributed by atoms with E-state index in [1.54, 1.807) is 12.1 Å². The van der Waals surface area contributed by atoms with Gasteiger partial charge in [0.05, 0.1) is 23.3 Å². The van der Waals surface area contributed by atoms with E-state index in [4.69, 9.17) is 10.5 Å². The highest BCUT2D eigenvalue weighted by atomic mass is 14.3. The van der Waals surface area contributed by atoms with Crippen molar-refractivity contribution in [3.05, 3.63) is 70.8 Å². The van der Waals surface area contributed by atoms with Crippen LogP contribution in [0.5, 0.6) is 0 Å². The number of rotatable bonds is 2. The van der Waals surface area contributed by atoms with Gasteiger partial charge in [-0.25, -0.2) is 0 Å². The van der Waals surface area contributed by atoms with Gasteiger partial charge >= 0.3 is 0 Å². The van der Waals surface area contributed by atoms with Crippen LogP contribution in [-0.2, 0) is 6.42 Å². The van der Waals surface area contributed by atoms with Crippen molar-refractivity contribution in [2.45, 2.75) is 6.42 Å². The summed E-state index contributed by atoms with van der Waals surface area (Å²) in [5.74, 6) is 0. The summed E-state index contributed by atoms with van der Waals surface area (Å²) in [6.45, 7) is 0. The van der Waals surface area contributed by atoms with E-state index in [0.717, 1.165) is 17.5 Å². The van der Waals surface area contributed by atoms with Crippen molar-refractivity contribution < 1.29 is 0 Å². The SMILES string of the molecule is N#Cc1ccc(Cc2ccccc2)c(C#N)c1. The fraction of sp³-hybridized carbons (Fsp3) is 0.0667. The summed E-state index contributed by atoms with van der Waals surface area (Å²) >= 11 is 0. The maximum atomic E-state index is 9.06. The fourth-order valence-electron chi connectivity index (χ4n) is 1.72. The predicted molar refractivity (Wildman–Crippen MR) is 65.1 cm³/mol. The summed E-state index contributed by atoms with van der Waals surface area (Å²) in [5.41, 5.74) is 3.22. The van der Waals surface area contributed by atoms with E-state index >= 15 is 0 Å². The highest BCUT2D eigenvalue weighted by molar-refractivity contribution is 5.46. The monoisotopic (exact) mass is 218 g/mol. The van der Waals surface area contributed by atoms with Crippen molar-refractivity contribution in [3.63, 3.8) is 0 Å². The number of hydrogen-bond donors (Lipinski definition) is 0. The molecule has 80 valence electrons. The molecule has 0 saturated carbocycles. The largest absolute Gasteiger partial charge is 0.192 e. The lowest BCUT2D eigenvalue weighted by Gasteiger charge is -2.04. The molecule has 0 heterocycles. The predicted octanol–water partition coefficient (Wildman–Crippen LogP) is 3.02. The summed E-state index contributed by atoms with van der Waals surface area (Å²) < 4.78 is 0. The lowest BCUT2D eigenvalue weighted by atomic mass is 9.99. The lowest BCUT2D eigenvalue weighted by Crippen LogP contribution is -1.93. The smallest absolute Gasteiger partial charge is 0.0995 e. The van der Waals surface area contributed by atoms with Gasteiger partial charge in [0.1, 0.15) is 0 Å². The number of nitriles is 2. The van der Waals surface area contributed by atoms with Gasteiger partial charge < -0.3 is 0 Å². The summed E-state index contributed by atoms with van der Waals surface area (Å²) in [7, 11) is 0. The van der Waals surface area contributed by atoms with Crippen LogP contribution >= 0.6 is 0 Å². The van der Waals surface area contributed by atoms with Gasteiger partial charge in [-0.3, -0.25) is 0 Å². The molecule has 0 N–H and O–H groups in total. The maximum absolute atomic E-state index is 9.06. The topological polar surface area (TPSA) is 47.6 Å². The summed E-state index contributed by atoms with van der Waals surface area (Å²) in [4.78, 5) is 0. The maximum Gasteiger partial charge on any atom is 0.0995 e. The number of benzene rings is 2. The molecule has 0 fully saturated rings. The standard InChI is InChI=1S/C15H10N2/c16-10-13-6-7-14(15(9-13)11-17)8-12-4-2-1-3-5-12/h1-7,9H,8H2. The Morgan fingerprint density at radius 3 is 2.29 bits per heavy atom. The second-order valence-electron chi connectivity index (χ2n) is 3.76. The van der Waals surface area contributed by atoms with Gasteiger partial charge in [-0.2, -0.15) is 10.5 Å². The van der Waals surface area contributed by atoms with E-state index in [9.17, 15) is 0 Å². The molecule has 2 aromatic carbocycles. The first-order valence-corrected chi connectivity index (χ1v) is 5.30. The van der Waals surface area contributed by atoms with Gasteiger partial charge in [0.25, 0.3) is 0 Å². The molecular formula is C15H10N2. The van der Waals surface area contributed by atoms with Gasteiger partial charge in [0.2, 0.25) is 0 Å². The molecule has 0 aliphatic carbocycles. The Labute approximate surface area is 100 Å². The highest BCUT2D eigenvalue weighted by Crippen LogP contribution is 2.15. The normalized spacial score (nSPS) is 9.29. The van der Waals surface area contributed by atoms with Gasteiger partial charge in [0.15, 0.2) is 0 Å². The molecule has 0 saturated heterocycles. The third-order valence-electron chi connectivity index (χ3n) is 2.60. The molecule has 2 rings (SSSR count). The first kappa shape index (κ1) is 10.9. The first-order valence-electron chi connectivity index (χ1n) is 5.30. The Bertz CT molecular complexity index is 601. The second kappa shape index (κ2) is 4.96. The van der Waals surface area contributed by atoms with Crippen LogP contribution in [0.1, 0.15) is 22.3 Å². The van der Waals surface area contributed by atoms with E-state index in [1.807, 2.05) is 42.5 Å². The molecule has 2 heteroatoms. The van der Waals surface area contributed by atoms with Crippen LogP contribution < -0.4 is 0 Å². The van der Waals surface area contributed by atoms with E-state index < -0.39 is 0 Å². The molecule has 0 aliphatic heterocycles. The van der Waals surface area contributed by atoms with Gasteiger partial charge in [0, 0.05) is 0 Å². The van der Waals surface area contributed by atoms with Crippen molar-refractivity contribution in [2.24, 2.45) is 0 Å². The fourth-order valence-corrected chi connectivity index (χ4v) is 1.72. The van der Waals surface area contributed by atoms with Gasteiger partial charge in [-0.15, -0.1) is 0 Å². The molecule has 0 radical (unpaired) electrons. The van der Waals surface area contributed by atoms with Gasteiger partial charge in [-0.05, 0) is 29.7 Å². The molecular weight excluding hydrogens is 208 g/mol. The van der Waals surface area contributed by atoms with Crippen molar-refractivity contribution in [1.82, 2.24) is 0 Å². The van der Waals surface area contributed by atoms with Crippen LogP contribution in [0.25, 0.3) is 0 Å². The zero-order chi connectivity index (χ0) is 12.1. The summed E-state index contributed by atoms with van der Waals surface area (Å²) in [5, 5.41) is 17.8. The minimum absolute atomic E-state index is 0.526. The molecule has 2 nitrogen and oxygen atoms in total. The average Bonchev–Trinajstić information content (AvgIpc) is 2.40. The van der Waals surface area contributed by atoms with E-state index in [0.29, 0.717) is 11.1 Å². The molecule has 0 amide bonds. The molecule has 0 bridgehead atoms. The van der Waals surface area contributed by atoms with Crippen molar-refractivity contribution >= 4 is 0 Å². The van der Waals surface area contributed by atoms with Crippen molar-refractivity contribution in [1.29, 1.82) is 10.5 Å². The Balaban J connectivity index is 2.35. The zero-order valence-corrected chi connectivity index (χ0v) is 9.22. The lowest BCUT2D eigenvalue weighted by molar-refractivity contribution is 1.17. The van der Waals surface area contributed by atoms with E-state index in [-0.39, 0.29) is 0 Å². The van der Waals surface area contributed by atoms with Crippen LogP contribution in [0.3, 0.4) is 0 Å². The number of hydrogen-bond acceptors (Lipinski definition) is 2. The molecule has 0 atom stereocenters. The summed E-state index contributed by atoms with van der Waals surface area (Å²) in [6.07, 6.45) is 0.718. The summed E-state index contributed by atoms with van der Waals surface area (Å²) in [6, 6.07) is 19.4. The van der Waals surface area contributed by atoms with Crippen LogP contribution in [-0.4, -0.2) is 0 Å². The van der Waals surface area contributed by atoms with E-state index in [2.05, 4.69) is 6.07 Å². The van der Waals surface area contributed by atoms with Crippen LogP contribution in [0, 0.1) is 22.7 Å². The molecule has 0 aliphatic rings. The zero-order valence-electron chi connectivity index (χ0n) is 9.22. The average molecular weight is 218 g/mol. The molecule has 17 heavy (non-hydrogen) atoms. The van der Waals surface area contributed by atoms with Crippen molar-refractivity contribution in [3.8, 4) is 12.1 Å². The van der Waals surface area contributed by atoms with E-state index in [1.165, 1.54) is 0 Å².